The van der Waals surface area contributed by atoms with Crippen molar-refractivity contribution in [3.05, 3.63) is 47.3 Å². The van der Waals surface area contributed by atoms with Crippen LogP contribution in [0.5, 0.6) is 17.2 Å². The van der Waals surface area contributed by atoms with Gasteiger partial charge in [-0.1, -0.05) is 34.9 Å². The van der Waals surface area contributed by atoms with Gasteiger partial charge in [0.05, 0.1) is 14.2 Å². The van der Waals surface area contributed by atoms with Gasteiger partial charge in [-0.25, -0.2) is 4.39 Å². The minimum Gasteiger partial charge on any atom is -0.497 e. The van der Waals surface area contributed by atoms with Crippen LogP contribution < -0.4 is 19.5 Å². The summed E-state index contributed by atoms with van der Waals surface area (Å²) in [6.07, 6.45) is 3.26. The van der Waals surface area contributed by atoms with Crippen LogP contribution in [-0.2, 0) is 9.89 Å². The zero-order valence-electron chi connectivity index (χ0n) is 18.2. The molecule has 2 rings (SSSR count). The molecule has 0 aromatic heterocycles. The number of halogens is 1. The zero-order chi connectivity index (χ0) is 22.1. The molecule has 0 N–H and O–H groups in total. The molecule has 0 amide bonds. The SMILES string of the molecule is CCCC(CC)(Pc1ccc(F)cc1C=O)c1cc(OC)cc(OC)c1OCOC. The normalized spacial score (nSPS) is 13.3. The second-order valence-electron chi connectivity index (χ2n) is 6.92. The molecule has 0 spiro atoms. The van der Waals surface area contributed by atoms with Crippen LogP contribution in [0.3, 0.4) is 0 Å². The Hall–Kier alpha value is -2.17. The van der Waals surface area contributed by atoms with Gasteiger partial charge in [-0.05, 0) is 36.3 Å². The lowest BCUT2D eigenvalue weighted by Gasteiger charge is -2.36. The Balaban J connectivity index is 2.72. The standard InChI is InChI=1S/C23H30FO5P/c1-6-10-23(7-2,30-21-9-8-17(24)11-16(21)14-25)19-12-18(27-4)13-20(28-5)22(19)29-15-26-3/h8-9,11-14,30H,6-7,10,15H2,1-5H3. The third-order valence-electron chi connectivity index (χ3n) is 5.12. The van der Waals surface area contributed by atoms with E-state index in [1.807, 2.05) is 6.07 Å². The number of methoxy groups -OCH3 is 3. The lowest BCUT2D eigenvalue weighted by atomic mass is 9.89. The Morgan fingerprint density at radius 3 is 2.43 bits per heavy atom. The van der Waals surface area contributed by atoms with Crippen molar-refractivity contribution in [2.45, 2.75) is 38.3 Å². The lowest BCUT2D eigenvalue weighted by Crippen LogP contribution is -2.25. The molecule has 2 aromatic carbocycles. The molecule has 0 radical (unpaired) electrons. The van der Waals surface area contributed by atoms with Crippen molar-refractivity contribution < 1.29 is 28.1 Å². The first-order chi connectivity index (χ1) is 14.5. The molecule has 7 heteroatoms. The third kappa shape index (κ3) is 5.30. The van der Waals surface area contributed by atoms with E-state index < -0.39 is 5.82 Å². The molecule has 0 heterocycles. The van der Waals surface area contributed by atoms with Crippen LogP contribution in [0.25, 0.3) is 0 Å². The predicted molar refractivity (Wildman–Crippen MR) is 119 cm³/mol. The van der Waals surface area contributed by atoms with Gasteiger partial charge in [0.2, 0.25) is 0 Å². The van der Waals surface area contributed by atoms with Gasteiger partial charge < -0.3 is 18.9 Å². The average molecular weight is 436 g/mol. The summed E-state index contributed by atoms with van der Waals surface area (Å²) in [5, 5.41) is 0.469. The highest BCUT2D eigenvalue weighted by molar-refractivity contribution is 7.48. The van der Waals surface area contributed by atoms with E-state index in [0.717, 1.165) is 30.1 Å². The zero-order valence-corrected chi connectivity index (χ0v) is 19.2. The number of rotatable bonds is 12. The predicted octanol–water partition coefficient (Wildman–Crippen LogP) is 5.05. The highest BCUT2D eigenvalue weighted by Gasteiger charge is 2.36. The van der Waals surface area contributed by atoms with E-state index in [1.54, 1.807) is 33.5 Å². The summed E-state index contributed by atoms with van der Waals surface area (Å²) in [4.78, 5) is 11.6. The molecular formula is C23H30FO5P. The number of aldehydes is 1. The topological polar surface area (TPSA) is 54.0 Å². The summed E-state index contributed by atoms with van der Waals surface area (Å²) in [7, 11) is 4.97. The van der Waals surface area contributed by atoms with E-state index in [-0.39, 0.29) is 20.5 Å². The quantitative estimate of drug-likeness (QED) is 0.265. The summed E-state index contributed by atoms with van der Waals surface area (Å²) >= 11 is 0. The number of carbonyl (C=O) groups is 1. The van der Waals surface area contributed by atoms with E-state index >= 15 is 0 Å². The van der Waals surface area contributed by atoms with Gasteiger partial charge in [-0.2, -0.15) is 0 Å². The fraction of sp³-hybridized carbons (Fsp3) is 0.435. The van der Waals surface area contributed by atoms with Gasteiger partial charge in [0.15, 0.2) is 24.6 Å². The van der Waals surface area contributed by atoms with Gasteiger partial charge in [0.25, 0.3) is 0 Å². The molecule has 5 nitrogen and oxygen atoms in total. The summed E-state index contributed by atoms with van der Waals surface area (Å²) in [5.74, 6) is 1.38. The molecule has 0 saturated heterocycles. The molecule has 2 atom stereocenters. The molecule has 0 fully saturated rings. The highest BCUT2D eigenvalue weighted by atomic mass is 31.1. The fourth-order valence-electron chi connectivity index (χ4n) is 3.62. The summed E-state index contributed by atoms with van der Waals surface area (Å²) < 4.78 is 35.9. The van der Waals surface area contributed by atoms with Gasteiger partial charge >= 0.3 is 0 Å². The summed E-state index contributed by atoms with van der Waals surface area (Å²) in [6, 6.07) is 8.12. The smallest absolute Gasteiger partial charge is 0.188 e. The minimum atomic E-state index is -0.421. The fourth-order valence-corrected chi connectivity index (χ4v) is 5.45. The second kappa shape index (κ2) is 11.3. The van der Waals surface area contributed by atoms with Gasteiger partial charge in [-0.15, -0.1) is 0 Å². The Morgan fingerprint density at radius 2 is 1.87 bits per heavy atom. The number of hydrogen-bond donors (Lipinski definition) is 0. The van der Waals surface area contributed by atoms with E-state index in [4.69, 9.17) is 18.9 Å². The molecule has 0 saturated carbocycles. The molecule has 0 aliphatic carbocycles. The summed E-state index contributed by atoms with van der Waals surface area (Å²) in [6.45, 7) is 4.30. The molecule has 0 bridgehead atoms. The maximum atomic E-state index is 13.7. The van der Waals surface area contributed by atoms with Crippen LogP contribution in [0.2, 0.25) is 0 Å². The van der Waals surface area contributed by atoms with Gasteiger partial charge in [0.1, 0.15) is 11.6 Å². The first-order valence-electron chi connectivity index (χ1n) is 9.89. The van der Waals surface area contributed by atoms with Crippen LogP contribution in [0, 0.1) is 5.82 Å². The monoisotopic (exact) mass is 436 g/mol. The molecular weight excluding hydrogens is 406 g/mol. The van der Waals surface area contributed by atoms with E-state index in [2.05, 4.69) is 13.8 Å². The van der Waals surface area contributed by atoms with Gasteiger partial charge in [0, 0.05) is 29.5 Å². The van der Waals surface area contributed by atoms with Crippen LogP contribution >= 0.6 is 8.58 Å². The van der Waals surface area contributed by atoms with E-state index in [9.17, 15) is 9.18 Å². The Labute approximate surface area is 179 Å². The highest BCUT2D eigenvalue weighted by Crippen LogP contribution is 2.54. The molecule has 2 unspecified atom stereocenters. The maximum Gasteiger partial charge on any atom is 0.188 e. The van der Waals surface area contributed by atoms with Crippen LogP contribution in [-0.4, -0.2) is 34.4 Å². The number of hydrogen-bond acceptors (Lipinski definition) is 5. The Kier molecular flexibility index (Phi) is 9.07. The van der Waals surface area contributed by atoms with Crippen molar-refractivity contribution in [3.63, 3.8) is 0 Å². The largest absolute Gasteiger partial charge is 0.497 e. The number of benzene rings is 2. The van der Waals surface area contributed by atoms with Crippen molar-refractivity contribution in [2.75, 3.05) is 28.1 Å². The van der Waals surface area contributed by atoms with Crippen molar-refractivity contribution in [1.29, 1.82) is 0 Å². The number of ether oxygens (including phenoxy) is 4. The van der Waals surface area contributed by atoms with Crippen LogP contribution in [0.1, 0.15) is 49.0 Å². The average Bonchev–Trinajstić information content (AvgIpc) is 2.77. The minimum absolute atomic E-state index is 0.0703. The summed E-state index contributed by atoms with van der Waals surface area (Å²) in [5.41, 5.74) is 1.30. The van der Waals surface area contributed by atoms with Gasteiger partial charge in [-0.3, -0.25) is 4.79 Å². The van der Waals surface area contributed by atoms with Crippen molar-refractivity contribution >= 4 is 20.2 Å². The molecule has 2 aromatic rings. The van der Waals surface area contributed by atoms with Crippen molar-refractivity contribution in [1.82, 2.24) is 0 Å². The first kappa shape index (κ1) is 24.1. The third-order valence-corrected chi connectivity index (χ3v) is 7.19. The Bertz CT molecular complexity index is 858. The molecule has 164 valence electrons. The van der Waals surface area contributed by atoms with Crippen LogP contribution in [0.15, 0.2) is 30.3 Å². The van der Waals surface area contributed by atoms with E-state index in [1.165, 1.54) is 12.1 Å². The van der Waals surface area contributed by atoms with Crippen molar-refractivity contribution in [3.8, 4) is 17.2 Å². The maximum absolute atomic E-state index is 13.7. The molecule has 30 heavy (non-hydrogen) atoms. The molecule has 0 aliphatic rings. The lowest BCUT2D eigenvalue weighted by molar-refractivity contribution is 0.0478. The first-order valence-corrected chi connectivity index (χ1v) is 10.9. The second-order valence-corrected chi connectivity index (χ2v) is 8.66. The van der Waals surface area contributed by atoms with E-state index in [0.29, 0.717) is 29.1 Å². The Morgan fingerprint density at radius 1 is 1.10 bits per heavy atom. The molecule has 0 aliphatic heterocycles. The van der Waals surface area contributed by atoms with Crippen LogP contribution in [0.4, 0.5) is 4.39 Å². The van der Waals surface area contributed by atoms with Crippen molar-refractivity contribution in [2.24, 2.45) is 0 Å². The number of carbonyl (C=O) groups excluding carboxylic acids is 1.